The molecule has 0 aromatic rings. The van der Waals surface area contributed by atoms with Crippen molar-refractivity contribution in [3.05, 3.63) is 0 Å². The molecule has 68 valence electrons. The van der Waals surface area contributed by atoms with Crippen LogP contribution < -0.4 is 10.6 Å². The second-order valence-corrected chi connectivity index (χ2v) is 3.79. The Morgan fingerprint density at radius 1 is 1.67 bits per heavy atom. The highest BCUT2D eigenvalue weighted by Gasteiger charge is 2.41. The molecule has 1 amide bonds. The van der Waals surface area contributed by atoms with Crippen LogP contribution in [0.2, 0.25) is 0 Å². The summed E-state index contributed by atoms with van der Waals surface area (Å²) in [5.41, 5.74) is -0.398. The summed E-state index contributed by atoms with van der Waals surface area (Å²) < 4.78 is 0. The van der Waals surface area contributed by atoms with Crippen molar-refractivity contribution in [2.45, 2.75) is 24.1 Å². The maximum Gasteiger partial charge on any atom is 0.241 e. The number of halogens is 1. The summed E-state index contributed by atoms with van der Waals surface area (Å²) in [5, 5.41) is 5.79. The molecule has 2 heterocycles. The molecular weight excluding hydrogens is 178 g/mol. The first-order valence-electron chi connectivity index (χ1n) is 4.09. The molecule has 5 heteroatoms. The zero-order chi connectivity index (χ0) is 8.72. The number of carbonyl (C=O) groups excluding carboxylic acids is 1. The monoisotopic (exact) mass is 189 g/mol. The molecule has 3 atom stereocenters. The fourth-order valence-corrected chi connectivity index (χ4v) is 2.21. The van der Waals surface area contributed by atoms with E-state index in [-0.39, 0.29) is 18.0 Å². The number of alkyl halides is 1. The summed E-state index contributed by atoms with van der Waals surface area (Å²) >= 11 is 5.76. The van der Waals surface area contributed by atoms with E-state index < -0.39 is 5.62 Å². The lowest BCUT2D eigenvalue weighted by Crippen LogP contribution is -2.62. The summed E-state index contributed by atoms with van der Waals surface area (Å²) in [4.78, 5) is 13.5. The number of nitrogens with zero attached hydrogens (tertiary/aromatic N) is 1. The van der Waals surface area contributed by atoms with E-state index >= 15 is 0 Å². The second kappa shape index (κ2) is 2.87. The van der Waals surface area contributed by atoms with E-state index in [1.54, 1.807) is 0 Å². The van der Waals surface area contributed by atoms with Gasteiger partial charge in [-0.25, -0.2) is 0 Å². The number of hydrogen-bond acceptors (Lipinski definition) is 3. The topological polar surface area (TPSA) is 44.4 Å². The zero-order valence-corrected chi connectivity index (χ0v) is 7.64. The molecule has 3 unspecified atom stereocenters. The number of fused-ring (bicyclic) bond motifs is 1. The Hall–Kier alpha value is -0.320. The molecule has 0 radical (unpaired) electrons. The summed E-state index contributed by atoms with van der Waals surface area (Å²) in [6.07, 6.45) is 0.998. The van der Waals surface area contributed by atoms with Crippen molar-refractivity contribution in [3.63, 3.8) is 0 Å². The maximum absolute atomic E-state index is 11.4. The predicted octanol–water partition coefficient (Wildman–Crippen LogP) is -0.699. The normalized spacial score (nSPS) is 42.5. The van der Waals surface area contributed by atoms with Crippen molar-refractivity contribution in [1.29, 1.82) is 0 Å². The summed E-state index contributed by atoms with van der Waals surface area (Å²) in [6, 6.07) is 0.200. The van der Waals surface area contributed by atoms with E-state index in [4.69, 9.17) is 11.6 Å². The lowest BCUT2D eigenvalue weighted by Gasteiger charge is -2.32. The molecule has 0 aromatic carbocycles. The molecule has 2 aliphatic heterocycles. The molecule has 0 bridgehead atoms. The lowest BCUT2D eigenvalue weighted by atomic mass is 10.1. The first kappa shape index (κ1) is 8.29. The van der Waals surface area contributed by atoms with Crippen LogP contribution >= 0.6 is 11.6 Å². The molecular formula is C7H12ClN3O. The van der Waals surface area contributed by atoms with Gasteiger partial charge in [0.05, 0.1) is 0 Å². The van der Waals surface area contributed by atoms with Gasteiger partial charge in [-0.3, -0.25) is 15.0 Å². The van der Waals surface area contributed by atoms with Gasteiger partial charge >= 0.3 is 0 Å². The molecule has 2 rings (SSSR count). The van der Waals surface area contributed by atoms with Crippen LogP contribution in [-0.4, -0.2) is 42.1 Å². The minimum Gasteiger partial charge on any atom is -0.326 e. The Morgan fingerprint density at radius 3 is 3.17 bits per heavy atom. The van der Waals surface area contributed by atoms with Crippen molar-refractivity contribution in [3.8, 4) is 0 Å². The number of nitrogens with one attached hydrogen (secondary N) is 2. The van der Waals surface area contributed by atoms with Gasteiger partial charge in [0.1, 0.15) is 6.04 Å². The third-order valence-electron chi connectivity index (χ3n) is 2.55. The van der Waals surface area contributed by atoms with Crippen molar-refractivity contribution >= 4 is 17.5 Å². The van der Waals surface area contributed by atoms with E-state index in [1.807, 2.05) is 7.05 Å². The van der Waals surface area contributed by atoms with Crippen molar-refractivity contribution in [2.75, 3.05) is 13.6 Å². The molecule has 0 saturated carbocycles. The first-order valence-corrected chi connectivity index (χ1v) is 4.53. The van der Waals surface area contributed by atoms with Gasteiger partial charge in [0.15, 0.2) is 5.62 Å². The molecule has 0 aromatic heterocycles. The van der Waals surface area contributed by atoms with Gasteiger partial charge in [0.2, 0.25) is 5.91 Å². The van der Waals surface area contributed by atoms with Crippen LogP contribution in [0.4, 0.5) is 0 Å². The minimum absolute atomic E-state index is 0.0278. The summed E-state index contributed by atoms with van der Waals surface area (Å²) in [5.74, 6) is 0.0405. The smallest absolute Gasteiger partial charge is 0.241 e. The number of amides is 1. The Kier molecular flexibility index (Phi) is 1.98. The third-order valence-corrected chi connectivity index (χ3v) is 2.78. The van der Waals surface area contributed by atoms with Gasteiger partial charge in [-0.15, -0.1) is 0 Å². The van der Waals surface area contributed by atoms with Crippen molar-refractivity contribution in [1.82, 2.24) is 15.5 Å². The highest BCUT2D eigenvalue weighted by atomic mass is 35.5. The highest BCUT2D eigenvalue weighted by Crippen LogP contribution is 2.19. The zero-order valence-electron chi connectivity index (χ0n) is 6.88. The van der Waals surface area contributed by atoms with Gasteiger partial charge in [0.25, 0.3) is 0 Å². The van der Waals surface area contributed by atoms with E-state index in [2.05, 4.69) is 15.5 Å². The Bertz CT molecular complexity index is 211. The highest BCUT2D eigenvalue weighted by molar-refractivity contribution is 6.21. The van der Waals surface area contributed by atoms with Crippen LogP contribution in [0.3, 0.4) is 0 Å². The van der Waals surface area contributed by atoms with Crippen molar-refractivity contribution in [2.24, 2.45) is 0 Å². The van der Waals surface area contributed by atoms with E-state index in [0.717, 1.165) is 13.0 Å². The van der Waals surface area contributed by atoms with Crippen LogP contribution in [0.1, 0.15) is 6.42 Å². The van der Waals surface area contributed by atoms with Crippen molar-refractivity contribution < 1.29 is 4.79 Å². The molecule has 2 N–H and O–H groups in total. The Morgan fingerprint density at radius 2 is 2.42 bits per heavy atom. The van der Waals surface area contributed by atoms with Gasteiger partial charge in [-0.2, -0.15) is 0 Å². The number of rotatable bonds is 0. The largest absolute Gasteiger partial charge is 0.326 e. The van der Waals surface area contributed by atoms with Crippen LogP contribution in [0.5, 0.6) is 0 Å². The maximum atomic E-state index is 11.4. The fraction of sp³-hybridized carbons (Fsp3) is 0.857. The predicted molar refractivity (Wildman–Crippen MR) is 45.7 cm³/mol. The van der Waals surface area contributed by atoms with Gasteiger partial charge in [-0.05, 0) is 13.5 Å². The molecule has 2 saturated heterocycles. The SMILES string of the molecule is CN1CCC2NC(Cl)NC(=O)C21. The van der Waals surface area contributed by atoms with Gasteiger partial charge in [-0.1, -0.05) is 11.6 Å². The van der Waals surface area contributed by atoms with Gasteiger partial charge < -0.3 is 5.32 Å². The van der Waals surface area contributed by atoms with E-state index in [0.29, 0.717) is 0 Å². The van der Waals surface area contributed by atoms with Crippen LogP contribution in [0.15, 0.2) is 0 Å². The molecule has 2 aliphatic rings. The molecule has 0 spiro atoms. The summed E-state index contributed by atoms with van der Waals surface area (Å²) in [6.45, 7) is 0.958. The molecule has 12 heavy (non-hydrogen) atoms. The number of likely N-dealkylation sites (N-methyl/N-ethyl adjacent to an activating group) is 1. The standard InChI is InChI=1S/C7H12ClN3O/c1-11-3-2-4-5(11)6(12)10-7(8)9-4/h4-5,7,9H,2-3H2,1H3,(H,10,12). The number of likely N-dealkylation sites (tertiary alicyclic amines) is 1. The van der Waals surface area contributed by atoms with Crippen LogP contribution in [0.25, 0.3) is 0 Å². The first-order chi connectivity index (χ1) is 5.68. The number of carbonyl (C=O) groups is 1. The van der Waals surface area contributed by atoms with Crippen LogP contribution in [-0.2, 0) is 4.79 Å². The average molecular weight is 190 g/mol. The quantitative estimate of drug-likeness (QED) is 0.391. The van der Waals surface area contributed by atoms with Crippen LogP contribution in [0, 0.1) is 0 Å². The fourth-order valence-electron chi connectivity index (χ4n) is 1.94. The van der Waals surface area contributed by atoms with E-state index in [1.165, 1.54) is 0 Å². The summed E-state index contributed by atoms with van der Waals surface area (Å²) in [7, 11) is 1.96. The second-order valence-electron chi connectivity index (χ2n) is 3.36. The van der Waals surface area contributed by atoms with E-state index in [9.17, 15) is 4.79 Å². The average Bonchev–Trinajstić information content (AvgIpc) is 2.31. The van der Waals surface area contributed by atoms with Gasteiger partial charge in [0, 0.05) is 12.6 Å². The number of hydrogen-bond donors (Lipinski definition) is 2. The minimum atomic E-state index is -0.398. The Balaban J connectivity index is 2.14. The molecule has 0 aliphatic carbocycles. The lowest BCUT2D eigenvalue weighted by molar-refractivity contribution is -0.127. The Labute approximate surface area is 76.2 Å². The third kappa shape index (κ3) is 1.20. The molecule has 2 fully saturated rings. The molecule has 4 nitrogen and oxygen atoms in total.